The molecule has 2 fully saturated rings. The lowest BCUT2D eigenvalue weighted by molar-refractivity contribution is -0.131. The molecule has 4 rings (SSSR count). The van der Waals surface area contributed by atoms with Crippen LogP contribution in [0.3, 0.4) is 0 Å². The number of rotatable bonds is 7. The summed E-state index contributed by atoms with van der Waals surface area (Å²) in [5, 5.41) is 1.81. The Labute approximate surface area is 242 Å². The molecule has 2 aromatic carbocycles. The van der Waals surface area contributed by atoms with Crippen molar-refractivity contribution in [3.05, 3.63) is 65.5 Å². The number of urea groups is 1. The summed E-state index contributed by atoms with van der Waals surface area (Å²) < 4.78 is 45.3. The molecular formula is C30H35F3N4O5. The van der Waals surface area contributed by atoms with Gasteiger partial charge in [-0.2, -0.15) is 8.78 Å². The third-order valence-corrected chi connectivity index (χ3v) is 7.42. The molecule has 1 N–H and O–H groups in total. The van der Waals surface area contributed by atoms with Gasteiger partial charge in [0.15, 0.2) is 5.78 Å². The van der Waals surface area contributed by atoms with Gasteiger partial charge in [-0.1, -0.05) is 30.3 Å². The average molecular weight is 589 g/mol. The molecule has 0 radical (unpaired) electrons. The van der Waals surface area contributed by atoms with Gasteiger partial charge in [0.2, 0.25) is 0 Å². The Morgan fingerprint density at radius 3 is 2.21 bits per heavy atom. The van der Waals surface area contributed by atoms with Crippen LogP contribution >= 0.6 is 0 Å². The average Bonchev–Trinajstić information content (AvgIpc) is 2.92. The Morgan fingerprint density at radius 1 is 1.00 bits per heavy atom. The molecule has 12 heteroatoms. The predicted molar refractivity (Wildman–Crippen MR) is 149 cm³/mol. The van der Waals surface area contributed by atoms with E-state index >= 15 is 4.39 Å². The van der Waals surface area contributed by atoms with Crippen LogP contribution < -0.4 is 10.2 Å². The van der Waals surface area contributed by atoms with Crippen molar-refractivity contribution >= 4 is 29.5 Å². The Balaban J connectivity index is 1.41. The van der Waals surface area contributed by atoms with Crippen molar-refractivity contribution in [3.8, 4) is 0 Å². The second kappa shape index (κ2) is 12.4. The Kier molecular flexibility index (Phi) is 9.12. The zero-order valence-corrected chi connectivity index (χ0v) is 23.9. The monoisotopic (exact) mass is 588 g/mol. The molecular weight excluding hydrogens is 553 g/mol. The normalized spacial score (nSPS) is 16.2. The van der Waals surface area contributed by atoms with E-state index in [9.17, 15) is 28.0 Å². The fraction of sp³-hybridized carbons (Fsp3) is 0.467. The number of anilines is 1. The highest BCUT2D eigenvalue weighted by Gasteiger charge is 2.48. The number of hydrogen-bond donors (Lipinski definition) is 1. The van der Waals surface area contributed by atoms with E-state index in [1.165, 1.54) is 17.0 Å². The Bertz CT molecular complexity index is 1320. The molecule has 2 aromatic rings. The van der Waals surface area contributed by atoms with Crippen LogP contribution in [0.25, 0.3) is 0 Å². The number of carbonyl (C=O) groups is 4. The lowest BCUT2D eigenvalue weighted by Gasteiger charge is -2.53. The van der Waals surface area contributed by atoms with E-state index in [0.717, 1.165) is 6.07 Å². The van der Waals surface area contributed by atoms with Crippen LogP contribution in [0.15, 0.2) is 48.5 Å². The third kappa shape index (κ3) is 7.40. The van der Waals surface area contributed by atoms with Crippen LogP contribution in [0.2, 0.25) is 0 Å². The van der Waals surface area contributed by atoms with Gasteiger partial charge in [0, 0.05) is 48.4 Å². The van der Waals surface area contributed by atoms with Crippen molar-refractivity contribution in [1.29, 1.82) is 0 Å². The lowest BCUT2D eigenvalue weighted by Crippen LogP contribution is -2.63. The van der Waals surface area contributed by atoms with Gasteiger partial charge >= 0.3 is 18.5 Å². The molecule has 9 nitrogen and oxygen atoms in total. The second-order valence-corrected chi connectivity index (χ2v) is 11.8. The number of Topliss-reactive ketones (excluding diaryl/α,β-unsaturated/α-hetero) is 1. The molecule has 0 saturated carbocycles. The van der Waals surface area contributed by atoms with Crippen molar-refractivity contribution in [2.24, 2.45) is 5.41 Å². The number of ketones is 1. The molecule has 0 unspecified atom stereocenters. The Hall–Kier alpha value is -4.09. The number of likely N-dealkylation sites (tertiary alicyclic amines) is 2. The van der Waals surface area contributed by atoms with Crippen LogP contribution in [0.4, 0.5) is 28.4 Å². The van der Waals surface area contributed by atoms with E-state index in [1.807, 2.05) is 20.8 Å². The number of ether oxygens (including phenoxy) is 1. The van der Waals surface area contributed by atoms with Gasteiger partial charge in [0.1, 0.15) is 11.4 Å². The minimum Gasteiger partial charge on any atom is -0.444 e. The van der Waals surface area contributed by atoms with Crippen LogP contribution in [0, 0.1) is 11.2 Å². The summed E-state index contributed by atoms with van der Waals surface area (Å²) in [7, 11) is 0. The quantitative estimate of drug-likeness (QED) is 0.467. The van der Waals surface area contributed by atoms with Gasteiger partial charge in [-0.3, -0.25) is 14.5 Å². The molecule has 4 amide bonds. The largest absolute Gasteiger partial charge is 0.444 e. The highest BCUT2D eigenvalue weighted by molar-refractivity contribution is 5.99. The first-order valence-electron chi connectivity index (χ1n) is 13.7. The standard InChI is InChI=1S/C30H35F3N4O5/c1-29(2,3)42-28(41)36-18-30(19-36)11-13-35(14-12-30)27(40)37(22-7-5-4-6-8-22)17-21-10-9-20(15-23(21)31)24(38)16-34-26(39)25(32)33/h4-10,15,25H,11-14,16-19H2,1-3H3,(H,34,39). The number of benzene rings is 2. The number of nitrogens with zero attached hydrogens (tertiary/aromatic N) is 3. The summed E-state index contributed by atoms with van der Waals surface area (Å²) in [4.78, 5) is 54.3. The summed E-state index contributed by atoms with van der Waals surface area (Å²) in [6.45, 7) is 6.77. The van der Waals surface area contributed by atoms with Gasteiger partial charge in [-0.05, 0) is 51.8 Å². The zero-order valence-electron chi connectivity index (χ0n) is 23.9. The number of alkyl halides is 2. The maximum Gasteiger partial charge on any atom is 0.410 e. The molecule has 42 heavy (non-hydrogen) atoms. The highest BCUT2D eigenvalue weighted by Crippen LogP contribution is 2.41. The minimum atomic E-state index is -3.26. The van der Waals surface area contributed by atoms with E-state index < -0.39 is 36.1 Å². The highest BCUT2D eigenvalue weighted by atomic mass is 19.3. The van der Waals surface area contributed by atoms with Gasteiger partial charge in [-0.25, -0.2) is 14.0 Å². The van der Waals surface area contributed by atoms with Crippen LogP contribution in [-0.4, -0.2) is 78.4 Å². The number of amides is 4. The van der Waals surface area contributed by atoms with Crippen LogP contribution in [0.5, 0.6) is 0 Å². The summed E-state index contributed by atoms with van der Waals surface area (Å²) in [6.07, 6.45) is -2.17. The second-order valence-electron chi connectivity index (χ2n) is 11.8. The van der Waals surface area contributed by atoms with Crippen molar-refractivity contribution in [2.75, 3.05) is 37.6 Å². The molecule has 1 spiro atoms. The fourth-order valence-corrected chi connectivity index (χ4v) is 5.12. The number of para-hydroxylation sites is 1. The van der Waals surface area contributed by atoms with Gasteiger partial charge in [-0.15, -0.1) is 0 Å². The Morgan fingerprint density at radius 2 is 1.64 bits per heavy atom. The molecule has 2 aliphatic rings. The zero-order chi connectivity index (χ0) is 30.7. The summed E-state index contributed by atoms with van der Waals surface area (Å²) in [5.41, 5.74) is -0.00243. The molecule has 2 saturated heterocycles. The maximum absolute atomic E-state index is 15.1. The number of hydrogen-bond acceptors (Lipinski definition) is 5. The summed E-state index contributed by atoms with van der Waals surface area (Å²) in [6, 6.07) is 12.2. The lowest BCUT2D eigenvalue weighted by atomic mass is 9.72. The summed E-state index contributed by atoms with van der Waals surface area (Å²) >= 11 is 0. The number of nitrogens with one attached hydrogen (secondary N) is 1. The number of carbonyl (C=O) groups excluding carboxylic acids is 4. The van der Waals surface area contributed by atoms with Crippen molar-refractivity contribution in [2.45, 2.75) is 52.2 Å². The van der Waals surface area contributed by atoms with Gasteiger partial charge in [0.25, 0.3) is 5.91 Å². The molecule has 0 aliphatic carbocycles. The molecule has 226 valence electrons. The maximum atomic E-state index is 15.1. The minimum absolute atomic E-state index is 0.0610. The van der Waals surface area contributed by atoms with Crippen LogP contribution in [-0.2, 0) is 16.1 Å². The predicted octanol–water partition coefficient (Wildman–Crippen LogP) is 4.85. The van der Waals surface area contributed by atoms with E-state index in [2.05, 4.69) is 0 Å². The molecule has 0 bridgehead atoms. The van der Waals surface area contributed by atoms with E-state index in [0.29, 0.717) is 44.7 Å². The van der Waals surface area contributed by atoms with Crippen LogP contribution in [0.1, 0.15) is 49.5 Å². The van der Waals surface area contributed by atoms with E-state index in [1.54, 1.807) is 45.4 Å². The SMILES string of the molecule is CC(C)(C)OC(=O)N1CC2(CCN(C(=O)N(Cc3ccc(C(=O)CNC(=O)C(F)F)cc3F)c3ccccc3)CC2)C1. The van der Waals surface area contributed by atoms with E-state index in [4.69, 9.17) is 4.74 Å². The molecule has 0 atom stereocenters. The molecule has 2 heterocycles. The first-order valence-corrected chi connectivity index (χ1v) is 13.7. The molecule has 0 aromatic heterocycles. The smallest absolute Gasteiger partial charge is 0.410 e. The van der Waals surface area contributed by atoms with Crippen molar-refractivity contribution in [3.63, 3.8) is 0 Å². The van der Waals surface area contributed by atoms with Crippen molar-refractivity contribution < 1.29 is 37.1 Å². The molecule has 2 aliphatic heterocycles. The summed E-state index contributed by atoms with van der Waals surface area (Å²) in [5.74, 6) is -3.06. The topological polar surface area (TPSA) is 99.3 Å². The van der Waals surface area contributed by atoms with Crippen molar-refractivity contribution in [1.82, 2.24) is 15.1 Å². The third-order valence-electron chi connectivity index (χ3n) is 7.42. The number of piperidine rings is 1. The first-order chi connectivity index (χ1) is 19.8. The van der Waals surface area contributed by atoms with Gasteiger partial charge in [0.05, 0.1) is 13.1 Å². The number of halogens is 3. The first kappa shape index (κ1) is 30.9. The van der Waals surface area contributed by atoms with E-state index in [-0.39, 0.29) is 35.2 Å². The fourth-order valence-electron chi connectivity index (χ4n) is 5.12. The van der Waals surface area contributed by atoms with Gasteiger partial charge < -0.3 is 19.9 Å².